The fourth-order valence-corrected chi connectivity index (χ4v) is 3.04. The first-order chi connectivity index (χ1) is 10.7. The lowest BCUT2D eigenvalue weighted by atomic mass is 9.91. The van der Waals surface area contributed by atoms with E-state index in [1.54, 1.807) is 0 Å². The Morgan fingerprint density at radius 2 is 1.91 bits per heavy atom. The van der Waals surface area contributed by atoms with E-state index >= 15 is 0 Å². The van der Waals surface area contributed by atoms with Gasteiger partial charge in [-0.2, -0.15) is 0 Å². The Labute approximate surface area is 139 Å². The van der Waals surface area contributed by atoms with Gasteiger partial charge in [-0.25, -0.2) is 0 Å². The van der Waals surface area contributed by atoms with Gasteiger partial charge in [0.1, 0.15) is 0 Å². The van der Waals surface area contributed by atoms with Crippen molar-refractivity contribution in [1.82, 2.24) is 4.90 Å². The van der Waals surface area contributed by atoms with Crippen molar-refractivity contribution in [2.45, 2.75) is 47.5 Å². The van der Waals surface area contributed by atoms with Crippen LogP contribution in [-0.2, 0) is 9.59 Å². The third-order valence-electron chi connectivity index (χ3n) is 4.36. The first kappa shape index (κ1) is 17.5. The van der Waals surface area contributed by atoms with Crippen molar-refractivity contribution in [3.63, 3.8) is 0 Å². The SMILES string of the molecule is Cc1ccc(NC(=O)[C@@H]2CCCN(C(=O)C(C)(C)C)C2)c(C)c1. The van der Waals surface area contributed by atoms with Crippen LogP contribution in [0, 0.1) is 25.2 Å². The average molecular weight is 316 g/mol. The number of carbonyl (C=O) groups is 2. The molecule has 1 N–H and O–H groups in total. The fraction of sp³-hybridized carbons (Fsp3) is 0.579. The number of hydrogen-bond acceptors (Lipinski definition) is 2. The lowest BCUT2D eigenvalue weighted by molar-refractivity contribution is -0.142. The highest BCUT2D eigenvalue weighted by molar-refractivity contribution is 5.94. The highest BCUT2D eigenvalue weighted by atomic mass is 16.2. The number of piperidine rings is 1. The van der Waals surface area contributed by atoms with Crippen LogP contribution in [0.3, 0.4) is 0 Å². The van der Waals surface area contributed by atoms with E-state index in [-0.39, 0.29) is 17.7 Å². The van der Waals surface area contributed by atoms with E-state index in [1.807, 2.05) is 51.7 Å². The summed E-state index contributed by atoms with van der Waals surface area (Å²) in [6.07, 6.45) is 1.72. The number of carbonyl (C=O) groups excluding carboxylic acids is 2. The molecular weight excluding hydrogens is 288 g/mol. The highest BCUT2D eigenvalue weighted by Crippen LogP contribution is 2.25. The smallest absolute Gasteiger partial charge is 0.229 e. The molecular formula is C19H28N2O2. The molecule has 2 rings (SSSR count). The summed E-state index contributed by atoms with van der Waals surface area (Å²) in [5.74, 6) is 0.0145. The van der Waals surface area contributed by atoms with Crippen LogP contribution in [-0.4, -0.2) is 29.8 Å². The Morgan fingerprint density at radius 3 is 2.52 bits per heavy atom. The number of amides is 2. The van der Waals surface area contributed by atoms with E-state index in [0.717, 1.165) is 30.6 Å². The quantitative estimate of drug-likeness (QED) is 0.907. The van der Waals surface area contributed by atoms with Gasteiger partial charge >= 0.3 is 0 Å². The molecule has 1 heterocycles. The second kappa shape index (κ2) is 6.73. The standard InChI is InChI=1S/C19H28N2O2/c1-13-8-9-16(14(2)11-13)20-17(22)15-7-6-10-21(12-15)18(23)19(3,4)5/h8-9,11,15H,6-7,10,12H2,1-5H3,(H,20,22)/t15-/m1/s1. The van der Waals surface area contributed by atoms with Crippen LogP contribution in [0.2, 0.25) is 0 Å². The molecule has 1 saturated heterocycles. The number of nitrogens with one attached hydrogen (secondary N) is 1. The lowest BCUT2D eigenvalue weighted by Gasteiger charge is -2.36. The molecule has 1 aromatic carbocycles. The summed E-state index contributed by atoms with van der Waals surface area (Å²) >= 11 is 0. The zero-order valence-corrected chi connectivity index (χ0v) is 14.9. The molecule has 0 aliphatic carbocycles. The molecule has 1 aliphatic rings. The van der Waals surface area contributed by atoms with Crippen LogP contribution >= 0.6 is 0 Å². The molecule has 0 bridgehead atoms. The molecule has 4 heteroatoms. The van der Waals surface area contributed by atoms with Gasteiger partial charge in [-0.05, 0) is 38.3 Å². The van der Waals surface area contributed by atoms with Gasteiger partial charge in [0.2, 0.25) is 11.8 Å². The van der Waals surface area contributed by atoms with Crippen molar-refractivity contribution in [2.75, 3.05) is 18.4 Å². The third-order valence-corrected chi connectivity index (χ3v) is 4.36. The summed E-state index contributed by atoms with van der Waals surface area (Å²) in [6.45, 7) is 11.1. The van der Waals surface area contributed by atoms with Crippen molar-refractivity contribution in [2.24, 2.45) is 11.3 Å². The molecule has 1 fully saturated rings. The van der Waals surface area contributed by atoms with E-state index in [2.05, 4.69) is 11.4 Å². The number of likely N-dealkylation sites (tertiary alicyclic amines) is 1. The Kier molecular flexibility index (Phi) is 5.12. The summed E-state index contributed by atoms with van der Waals surface area (Å²) in [6, 6.07) is 6.01. The minimum Gasteiger partial charge on any atom is -0.341 e. The largest absolute Gasteiger partial charge is 0.341 e. The number of nitrogens with zero attached hydrogens (tertiary/aromatic N) is 1. The number of hydrogen-bond donors (Lipinski definition) is 1. The zero-order chi connectivity index (χ0) is 17.2. The third kappa shape index (κ3) is 4.34. The lowest BCUT2D eigenvalue weighted by Crippen LogP contribution is -2.47. The Morgan fingerprint density at radius 1 is 1.22 bits per heavy atom. The Balaban J connectivity index is 2.03. The van der Waals surface area contributed by atoms with Gasteiger partial charge in [0.25, 0.3) is 0 Å². The molecule has 126 valence electrons. The maximum absolute atomic E-state index is 12.6. The van der Waals surface area contributed by atoms with Crippen molar-refractivity contribution >= 4 is 17.5 Å². The average Bonchev–Trinajstić information content (AvgIpc) is 2.48. The van der Waals surface area contributed by atoms with Crippen LogP contribution < -0.4 is 5.32 Å². The molecule has 1 atom stereocenters. The van der Waals surface area contributed by atoms with Gasteiger partial charge < -0.3 is 10.2 Å². The van der Waals surface area contributed by atoms with E-state index in [0.29, 0.717) is 6.54 Å². The van der Waals surface area contributed by atoms with E-state index in [9.17, 15) is 9.59 Å². The van der Waals surface area contributed by atoms with E-state index in [1.165, 1.54) is 5.56 Å². The monoisotopic (exact) mass is 316 g/mol. The number of anilines is 1. The molecule has 2 amide bonds. The fourth-order valence-electron chi connectivity index (χ4n) is 3.04. The molecule has 1 aromatic rings. The molecule has 4 nitrogen and oxygen atoms in total. The molecule has 0 unspecified atom stereocenters. The zero-order valence-electron chi connectivity index (χ0n) is 14.9. The van der Waals surface area contributed by atoms with Crippen LogP contribution in [0.1, 0.15) is 44.7 Å². The van der Waals surface area contributed by atoms with Gasteiger partial charge in [-0.15, -0.1) is 0 Å². The molecule has 0 spiro atoms. The predicted octanol–water partition coefficient (Wildman–Crippen LogP) is 3.53. The Hall–Kier alpha value is -1.84. The summed E-state index contributed by atoms with van der Waals surface area (Å²) < 4.78 is 0. The van der Waals surface area contributed by atoms with Crippen LogP contribution in [0.25, 0.3) is 0 Å². The number of aryl methyl sites for hydroxylation is 2. The number of rotatable bonds is 2. The normalized spacial score (nSPS) is 18.7. The van der Waals surface area contributed by atoms with E-state index < -0.39 is 5.41 Å². The first-order valence-corrected chi connectivity index (χ1v) is 8.36. The maximum atomic E-state index is 12.6. The van der Waals surface area contributed by atoms with Gasteiger partial charge in [-0.1, -0.05) is 38.5 Å². The molecule has 0 saturated carbocycles. The number of benzene rings is 1. The minimum absolute atomic E-state index is 0.0170. The summed E-state index contributed by atoms with van der Waals surface area (Å²) in [4.78, 5) is 26.8. The highest BCUT2D eigenvalue weighted by Gasteiger charge is 2.33. The maximum Gasteiger partial charge on any atom is 0.229 e. The molecule has 23 heavy (non-hydrogen) atoms. The van der Waals surface area contributed by atoms with Crippen LogP contribution in [0.5, 0.6) is 0 Å². The van der Waals surface area contributed by atoms with Crippen molar-refractivity contribution in [3.8, 4) is 0 Å². The summed E-state index contributed by atoms with van der Waals surface area (Å²) in [5.41, 5.74) is 2.71. The Bertz CT molecular complexity index is 602. The van der Waals surface area contributed by atoms with Gasteiger partial charge in [0.15, 0.2) is 0 Å². The second-order valence-electron chi connectivity index (χ2n) is 7.65. The van der Waals surface area contributed by atoms with Gasteiger partial charge in [0, 0.05) is 24.2 Å². The van der Waals surface area contributed by atoms with E-state index in [4.69, 9.17) is 0 Å². The van der Waals surface area contributed by atoms with Crippen LogP contribution in [0.4, 0.5) is 5.69 Å². The molecule has 0 aromatic heterocycles. The second-order valence-corrected chi connectivity index (χ2v) is 7.65. The molecule has 0 radical (unpaired) electrons. The first-order valence-electron chi connectivity index (χ1n) is 8.36. The summed E-state index contributed by atoms with van der Waals surface area (Å²) in [7, 11) is 0. The topological polar surface area (TPSA) is 49.4 Å². The minimum atomic E-state index is -0.397. The predicted molar refractivity (Wildman–Crippen MR) is 93.3 cm³/mol. The van der Waals surface area contributed by atoms with Crippen molar-refractivity contribution in [3.05, 3.63) is 29.3 Å². The molecule has 1 aliphatic heterocycles. The van der Waals surface area contributed by atoms with Gasteiger partial charge in [-0.3, -0.25) is 9.59 Å². The van der Waals surface area contributed by atoms with Gasteiger partial charge in [0.05, 0.1) is 5.92 Å². The van der Waals surface area contributed by atoms with Crippen molar-refractivity contribution in [1.29, 1.82) is 0 Å². The van der Waals surface area contributed by atoms with Crippen molar-refractivity contribution < 1.29 is 9.59 Å². The van der Waals surface area contributed by atoms with Crippen LogP contribution in [0.15, 0.2) is 18.2 Å². The summed E-state index contributed by atoms with van der Waals surface area (Å²) in [5, 5.41) is 3.03.